The standard InChI is InChI=1S/C15H22BrFN2/c1-3-13-10-19(14(4-2)8-18-13)9-11-7-12(16)5-6-15(11)17/h5-7,13-14,18H,3-4,8-10H2,1-2H3. The van der Waals surface area contributed by atoms with E-state index in [2.05, 4.69) is 40.0 Å². The van der Waals surface area contributed by atoms with Crippen molar-refractivity contribution in [2.75, 3.05) is 13.1 Å². The molecule has 0 bridgehead atoms. The Morgan fingerprint density at radius 1 is 1.37 bits per heavy atom. The molecule has 106 valence electrons. The topological polar surface area (TPSA) is 15.3 Å². The molecule has 1 aromatic rings. The van der Waals surface area contributed by atoms with Gasteiger partial charge in [0.25, 0.3) is 0 Å². The second-order valence-electron chi connectivity index (χ2n) is 5.24. The molecule has 19 heavy (non-hydrogen) atoms. The van der Waals surface area contributed by atoms with Crippen molar-refractivity contribution < 1.29 is 4.39 Å². The van der Waals surface area contributed by atoms with Gasteiger partial charge in [-0.2, -0.15) is 0 Å². The minimum Gasteiger partial charge on any atom is -0.311 e. The van der Waals surface area contributed by atoms with Crippen LogP contribution in [0, 0.1) is 5.82 Å². The molecule has 1 heterocycles. The van der Waals surface area contributed by atoms with Crippen molar-refractivity contribution >= 4 is 15.9 Å². The summed E-state index contributed by atoms with van der Waals surface area (Å²) in [6.07, 6.45) is 2.22. The minimum atomic E-state index is -0.107. The number of nitrogens with zero attached hydrogens (tertiary/aromatic N) is 1. The van der Waals surface area contributed by atoms with Crippen LogP contribution in [0.15, 0.2) is 22.7 Å². The Bertz CT molecular complexity index is 425. The highest BCUT2D eigenvalue weighted by atomic mass is 79.9. The molecule has 0 saturated carbocycles. The zero-order valence-electron chi connectivity index (χ0n) is 11.6. The Balaban J connectivity index is 2.11. The van der Waals surface area contributed by atoms with Gasteiger partial charge in [0.15, 0.2) is 0 Å². The van der Waals surface area contributed by atoms with E-state index in [1.807, 2.05) is 6.07 Å². The van der Waals surface area contributed by atoms with Crippen LogP contribution in [0.3, 0.4) is 0 Å². The number of halogens is 2. The first-order valence-electron chi connectivity index (χ1n) is 7.05. The maximum absolute atomic E-state index is 13.9. The fraction of sp³-hybridized carbons (Fsp3) is 0.600. The van der Waals surface area contributed by atoms with Crippen molar-refractivity contribution in [2.45, 2.75) is 45.3 Å². The highest BCUT2D eigenvalue weighted by Gasteiger charge is 2.26. The van der Waals surface area contributed by atoms with Gasteiger partial charge in [-0.3, -0.25) is 4.90 Å². The van der Waals surface area contributed by atoms with E-state index in [0.29, 0.717) is 18.6 Å². The molecule has 1 aliphatic heterocycles. The summed E-state index contributed by atoms with van der Waals surface area (Å²) >= 11 is 3.42. The summed E-state index contributed by atoms with van der Waals surface area (Å²) < 4.78 is 14.8. The number of hydrogen-bond donors (Lipinski definition) is 1. The molecule has 0 aromatic heterocycles. The van der Waals surface area contributed by atoms with E-state index < -0.39 is 0 Å². The van der Waals surface area contributed by atoms with E-state index in [9.17, 15) is 4.39 Å². The number of benzene rings is 1. The van der Waals surface area contributed by atoms with Crippen LogP contribution in [-0.4, -0.2) is 30.1 Å². The lowest BCUT2D eigenvalue weighted by atomic mass is 10.0. The Morgan fingerprint density at radius 2 is 2.16 bits per heavy atom. The normalized spacial score (nSPS) is 24.6. The average Bonchev–Trinajstić information content (AvgIpc) is 2.42. The molecule has 1 aliphatic rings. The van der Waals surface area contributed by atoms with Crippen molar-refractivity contribution in [3.8, 4) is 0 Å². The van der Waals surface area contributed by atoms with Crippen molar-refractivity contribution in [2.24, 2.45) is 0 Å². The average molecular weight is 329 g/mol. The summed E-state index contributed by atoms with van der Waals surface area (Å²) in [4.78, 5) is 2.41. The fourth-order valence-electron chi connectivity index (χ4n) is 2.68. The lowest BCUT2D eigenvalue weighted by molar-refractivity contribution is 0.116. The number of hydrogen-bond acceptors (Lipinski definition) is 2. The van der Waals surface area contributed by atoms with Gasteiger partial charge in [-0.1, -0.05) is 29.8 Å². The molecule has 1 saturated heterocycles. The summed E-state index contributed by atoms with van der Waals surface area (Å²) in [5.41, 5.74) is 0.782. The van der Waals surface area contributed by atoms with E-state index in [0.717, 1.165) is 36.0 Å². The second-order valence-corrected chi connectivity index (χ2v) is 6.16. The molecular formula is C15H22BrFN2. The molecule has 2 atom stereocenters. The Hall–Kier alpha value is -0.450. The van der Waals surface area contributed by atoms with Gasteiger partial charge >= 0.3 is 0 Å². The molecular weight excluding hydrogens is 307 g/mol. The number of piperazine rings is 1. The summed E-state index contributed by atoms with van der Waals surface area (Å²) in [5, 5.41) is 3.57. The van der Waals surface area contributed by atoms with E-state index in [-0.39, 0.29) is 5.82 Å². The summed E-state index contributed by atoms with van der Waals surface area (Å²) in [7, 11) is 0. The third-order valence-corrected chi connectivity index (χ3v) is 4.45. The highest BCUT2D eigenvalue weighted by molar-refractivity contribution is 9.10. The van der Waals surface area contributed by atoms with Gasteiger partial charge in [0.05, 0.1) is 0 Å². The number of nitrogens with one attached hydrogen (secondary N) is 1. The second kappa shape index (κ2) is 6.82. The monoisotopic (exact) mass is 328 g/mol. The van der Waals surface area contributed by atoms with Gasteiger partial charge in [-0.25, -0.2) is 4.39 Å². The van der Waals surface area contributed by atoms with Crippen LogP contribution in [-0.2, 0) is 6.54 Å². The molecule has 0 aliphatic carbocycles. The first kappa shape index (κ1) is 14.9. The third-order valence-electron chi connectivity index (χ3n) is 3.96. The van der Waals surface area contributed by atoms with Crippen molar-refractivity contribution in [3.05, 3.63) is 34.1 Å². The van der Waals surface area contributed by atoms with Crippen LogP contribution in [0.25, 0.3) is 0 Å². The molecule has 0 spiro atoms. The van der Waals surface area contributed by atoms with E-state index >= 15 is 0 Å². The maximum atomic E-state index is 13.9. The Kier molecular flexibility index (Phi) is 5.37. The molecule has 1 fully saturated rings. The SMILES string of the molecule is CCC1CN(Cc2cc(Br)ccc2F)C(CC)CN1. The maximum Gasteiger partial charge on any atom is 0.127 e. The van der Waals surface area contributed by atoms with Crippen molar-refractivity contribution in [1.82, 2.24) is 10.2 Å². The molecule has 4 heteroatoms. The minimum absolute atomic E-state index is 0.107. The molecule has 1 aromatic carbocycles. The van der Waals surface area contributed by atoms with Crippen molar-refractivity contribution in [1.29, 1.82) is 0 Å². The summed E-state index contributed by atoms with van der Waals surface area (Å²) in [5.74, 6) is -0.107. The van der Waals surface area contributed by atoms with Crippen LogP contribution in [0.2, 0.25) is 0 Å². The lowest BCUT2D eigenvalue weighted by Gasteiger charge is -2.40. The van der Waals surface area contributed by atoms with E-state index in [4.69, 9.17) is 0 Å². The number of rotatable bonds is 4. The summed E-state index contributed by atoms with van der Waals surface area (Å²) in [6.45, 7) is 7.10. The molecule has 2 nitrogen and oxygen atoms in total. The van der Waals surface area contributed by atoms with Gasteiger partial charge < -0.3 is 5.32 Å². The first-order chi connectivity index (χ1) is 9.13. The van der Waals surface area contributed by atoms with E-state index in [1.165, 1.54) is 0 Å². The van der Waals surface area contributed by atoms with Gasteiger partial charge in [-0.15, -0.1) is 0 Å². The Morgan fingerprint density at radius 3 is 2.84 bits per heavy atom. The largest absolute Gasteiger partial charge is 0.311 e. The zero-order valence-corrected chi connectivity index (χ0v) is 13.2. The van der Waals surface area contributed by atoms with Gasteiger partial charge in [0, 0.05) is 41.8 Å². The van der Waals surface area contributed by atoms with Gasteiger partial charge in [0.1, 0.15) is 5.82 Å². The van der Waals surface area contributed by atoms with Crippen molar-refractivity contribution in [3.63, 3.8) is 0 Å². The lowest BCUT2D eigenvalue weighted by Crippen LogP contribution is -2.55. The Labute approximate surface area is 123 Å². The summed E-state index contributed by atoms with van der Waals surface area (Å²) in [6, 6.07) is 6.22. The smallest absolute Gasteiger partial charge is 0.127 e. The predicted molar refractivity (Wildman–Crippen MR) is 80.7 cm³/mol. The van der Waals surface area contributed by atoms with Gasteiger partial charge in [0.2, 0.25) is 0 Å². The van der Waals surface area contributed by atoms with Crippen LogP contribution in [0.4, 0.5) is 4.39 Å². The van der Waals surface area contributed by atoms with Crippen LogP contribution < -0.4 is 5.32 Å². The van der Waals surface area contributed by atoms with Crippen LogP contribution in [0.5, 0.6) is 0 Å². The first-order valence-corrected chi connectivity index (χ1v) is 7.84. The molecule has 2 rings (SSSR count). The third kappa shape index (κ3) is 3.77. The molecule has 0 amide bonds. The quantitative estimate of drug-likeness (QED) is 0.909. The molecule has 2 unspecified atom stereocenters. The molecule has 1 N–H and O–H groups in total. The van der Waals surface area contributed by atoms with Crippen LogP contribution >= 0.6 is 15.9 Å². The predicted octanol–water partition coefficient (Wildman–Crippen LogP) is 3.55. The molecule has 0 radical (unpaired) electrons. The zero-order chi connectivity index (χ0) is 13.8. The highest BCUT2D eigenvalue weighted by Crippen LogP contribution is 2.20. The van der Waals surface area contributed by atoms with E-state index in [1.54, 1.807) is 12.1 Å². The van der Waals surface area contributed by atoms with Crippen LogP contribution in [0.1, 0.15) is 32.3 Å². The van der Waals surface area contributed by atoms with Gasteiger partial charge in [-0.05, 0) is 31.0 Å². The fourth-order valence-corrected chi connectivity index (χ4v) is 3.09.